The molecule has 3 aromatic rings. The molecule has 140 valence electrons. The highest BCUT2D eigenvalue weighted by Gasteiger charge is 2.43. The zero-order valence-corrected chi connectivity index (χ0v) is 15.3. The molecule has 8 heteroatoms. The molecule has 0 unspecified atom stereocenters. The third-order valence-electron chi connectivity index (χ3n) is 5.19. The minimum Gasteiger partial charge on any atom is -0.322 e. The first-order chi connectivity index (χ1) is 13.2. The third-order valence-corrected chi connectivity index (χ3v) is 5.19. The number of hydrogen-bond donors (Lipinski definition) is 1. The predicted molar refractivity (Wildman–Crippen MR) is 101 cm³/mol. The lowest BCUT2D eigenvalue weighted by molar-refractivity contribution is -0.127. The van der Waals surface area contributed by atoms with Gasteiger partial charge < -0.3 is 9.88 Å². The molecule has 1 amide bonds. The van der Waals surface area contributed by atoms with Crippen molar-refractivity contribution >= 4 is 11.7 Å². The molecule has 1 aliphatic rings. The monoisotopic (exact) mass is 365 g/mol. The van der Waals surface area contributed by atoms with Gasteiger partial charge in [0.1, 0.15) is 5.54 Å². The Bertz CT molecular complexity index is 880. The summed E-state index contributed by atoms with van der Waals surface area (Å²) in [5.41, 5.74) is 0.532. The summed E-state index contributed by atoms with van der Waals surface area (Å²) in [5.74, 6) is 0.528. The van der Waals surface area contributed by atoms with Crippen molar-refractivity contribution in [2.75, 3.05) is 18.4 Å². The van der Waals surface area contributed by atoms with Crippen molar-refractivity contribution < 1.29 is 4.79 Å². The topological polar surface area (TPSA) is 80.9 Å². The van der Waals surface area contributed by atoms with Crippen LogP contribution in [0.5, 0.6) is 0 Å². The van der Waals surface area contributed by atoms with Crippen molar-refractivity contribution in [1.29, 1.82) is 0 Å². The van der Waals surface area contributed by atoms with Crippen LogP contribution in [0, 0.1) is 0 Å². The maximum atomic E-state index is 13.2. The number of rotatable bonds is 5. The average molecular weight is 365 g/mol. The summed E-state index contributed by atoms with van der Waals surface area (Å²) in [6.07, 6.45) is 12.2. The molecule has 0 atom stereocenters. The van der Waals surface area contributed by atoms with Crippen LogP contribution in [0.1, 0.15) is 18.4 Å². The number of nitrogens with one attached hydrogen (secondary N) is 1. The van der Waals surface area contributed by atoms with Gasteiger partial charge in [-0.2, -0.15) is 5.10 Å². The van der Waals surface area contributed by atoms with E-state index in [1.54, 1.807) is 29.5 Å². The van der Waals surface area contributed by atoms with Crippen LogP contribution in [-0.2, 0) is 23.9 Å². The van der Waals surface area contributed by atoms with Crippen molar-refractivity contribution in [3.63, 3.8) is 0 Å². The minimum atomic E-state index is -0.653. The fourth-order valence-electron chi connectivity index (χ4n) is 3.66. The van der Waals surface area contributed by atoms with Crippen LogP contribution >= 0.6 is 0 Å². The first kappa shape index (κ1) is 17.4. The van der Waals surface area contributed by atoms with Gasteiger partial charge >= 0.3 is 0 Å². The number of likely N-dealkylation sites (tertiary alicyclic amines) is 1. The van der Waals surface area contributed by atoms with Crippen LogP contribution < -0.4 is 5.32 Å². The second-order valence-electron chi connectivity index (χ2n) is 6.97. The molecular weight excluding hydrogens is 342 g/mol. The number of amides is 1. The molecule has 0 aromatic carbocycles. The number of aryl methyl sites for hydroxylation is 1. The van der Waals surface area contributed by atoms with Crippen molar-refractivity contribution in [3.8, 4) is 0 Å². The Kier molecular flexibility index (Phi) is 4.72. The number of carbonyl (C=O) groups excluding carboxylic acids is 1. The Morgan fingerprint density at radius 2 is 2.04 bits per heavy atom. The molecule has 1 saturated heterocycles. The van der Waals surface area contributed by atoms with Crippen molar-refractivity contribution in [1.82, 2.24) is 29.2 Å². The maximum absolute atomic E-state index is 13.2. The number of imidazole rings is 1. The number of anilines is 1. The van der Waals surface area contributed by atoms with Crippen LogP contribution in [-0.4, -0.2) is 48.2 Å². The summed E-state index contributed by atoms with van der Waals surface area (Å²) in [7, 11) is 1.83. The molecule has 3 aromatic heterocycles. The van der Waals surface area contributed by atoms with E-state index >= 15 is 0 Å². The van der Waals surface area contributed by atoms with E-state index in [2.05, 4.69) is 31.3 Å². The van der Waals surface area contributed by atoms with Gasteiger partial charge in [0.25, 0.3) is 5.91 Å². The van der Waals surface area contributed by atoms with Crippen LogP contribution in [0.2, 0.25) is 0 Å². The Balaban J connectivity index is 1.50. The molecule has 4 heterocycles. The summed E-state index contributed by atoms with van der Waals surface area (Å²) in [5, 5.41) is 7.25. The highest BCUT2D eigenvalue weighted by atomic mass is 16.2. The Labute approximate surface area is 157 Å². The van der Waals surface area contributed by atoms with Gasteiger partial charge in [0.05, 0.1) is 6.33 Å². The number of carbonyl (C=O) groups is 1. The van der Waals surface area contributed by atoms with E-state index in [0.717, 1.165) is 19.6 Å². The molecule has 1 aliphatic heterocycles. The number of pyridine rings is 1. The minimum absolute atomic E-state index is 0.0415. The number of piperidine rings is 1. The molecule has 4 rings (SSSR count). The zero-order valence-electron chi connectivity index (χ0n) is 15.3. The molecule has 0 aliphatic carbocycles. The molecule has 1 fully saturated rings. The highest BCUT2D eigenvalue weighted by Crippen LogP contribution is 2.32. The summed E-state index contributed by atoms with van der Waals surface area (Å²) in [6, 6.07) is 5.84. The zero-order chi connectivity index (χ0) is 18.7. The van der Waals surface area contributed by atoms with Crippen LogP contribution in [0.3, 0.4) is 0 Å². The van der Waals surface area contributed by atoms with Gasteiger partial charge in [-0.05, 0) is 24.5 Å². The predicted octanol–water partition coefficient (Wildman–Crippen LogP) is 1.64. The van der Waals surface area contributed by atoms with Crippen LogP contribution in [0.4, 0.5) is 5.82 Å². The fourth-order valence-corrected chi connectivity index (χ4v) is 3.66. The van der Waals surface area contributed by atoms with E-state index in [0.29, 0.717) is 18.7 Å². The summed E-state index contributed by atoms with van der Waals surface area (Å²) in [4.78, 5) is 23.9. The van der Waals surface area contributed by atoms with Gasteiger partial charge in [0.2, 0.25) is 0 Å². The average Bonchev–Trinajstić information content (AvgIpc) is 3.36. The summed E-state index contributed by atoms with van der Waals surface area (Å²) < 4.78 is 3.61. The summed E-state index contributed by atoms with van der Waals surface area (Å²) >= 11 is 0. The van der Waals surface area contributed by atoms with Gasteiger partial charge in [-0.15, -0.1) is 0 Å². The van der Waals surface area contributed by atoms with E-state index in [4.69, 9.17) is 0 Å². The van der Waals surface area contributed by atoms with Crippen LogP contribution in [0.15, 0.2) is 55.5 Å². The van der Waals surface area contributed by atoms with E-state index in [1.165, 1.54) is 5.56 Å². The van der Waals surface area contributed by atoms with Gasteiger partial charge in [0, 0.05) is 63.7 Å². The smallest absolute Gasteiger partial charge is 0.251 e. The Morgan fingerprint density at radius 1 is 1.19 bits per heavy atom. The van der Waals surface area contributed by atoms with Crippen molar-refractivity contribution in [2.45, 2.75) is 24.9 Å². The molecule has 8 nitrogen and oxygen atoms in total. The summed E-state index contributed by atoms with van der Waals surface area (Å²) in [6.45, 7) is 2.49. The van der Waals surface area contributed by atoms with Gasteiger partial charge in [-0.3, -0.25) is 19.4 Å². The molecule has 0 spiro atoms. The van der Waals surface area contributed by atoms with Crippen LogP contribution in [0.25, 0.3) is 0 Å². The highest BCUT2D eigenvalue weighted by molar-refractivity contribution is 5.96. The van der Waals surface area contributed by atoms with E-state index in [-0.39, 0.29) is 5.91 Å². The largest absolute Gasteiger partial charge is 0.322 e. The third kappa shape index (κ3) is 3.61. The Morgan fingerprint density at radius 3 is 2.67 bits per heavy atom. The number of hydrogen-bond acceptors (Lipinski definition) is 5. The van der Waals surface area contributed by atoms with Gasteiger partial charge in [-0.25, -0.2) is 4.98 Å². The lowest BCUT2D eigenvalue weighted by atomic mass is 9.86. The van der Waals surface area contributed by atoms with Crippen molar-refractivity contribution in [3.05, 3.63) is 61.1 Å². The fraction of sp³-hybridized carbons (Fsp3) is 0.368. The second kappa shape index (κ2) is 7.32. The quantitative estimate of drug-likeness (QED) is 0.743. The first-order valence-corrected chi connectivity index (χ1v) is 9.06. The second-order valence-corrected chi connectivity index (χ2v) is 6.97. The number of aromatic nitrogens is 5. The Hall–Kier alpha value is -3.00. The molecular formula is C19H23N7O. The molecule has 0 radical (unpaired) electrons. The lowest BCUT2D eigenvalue weighted by Gasteiger charge is -2.41. The molecule has 1 N–H and O–H groups in total. The normalized spacial score (nSPS) is 16.9. The lowest BCUT2D eigenvalue weighted by Crippen LogP contribution is -2.52. The number of nitrogens with zero attached hydrogens (tertiary/aromatic N) is 6. The van der Waals surface area contributed by atoms with E-state index in [9.17, 15) is 4.79 Å². The van der Waals surface area contributed by atoms with Crippen molar-refractivity contribution in [2.24, 2.45) is 7.05 Å². The van der Waals surface area contributed by atoms with E-state index < -0.39 is 5.54 Å². The van der Waals surface area contributed by atoms with Gasteiger partial charge in [0.15, 0.2) is 5.82 Å². The standard InChI is InChI=1S/C19H23N7O/c1-24-9-4-17(23-24)22-18(27)19(26-12-8-21-15-26)5-10-25(11-6-19)14-16-3-2-7-20-13-16/h2-4,7-9,12-13,15H,5-6,10-11,14H2,1H3,(H,22,23,27). The SMILES string of the molecule is Cn1ccc(NC(=O)C2(n3ccnc3)CCN(Cc3cccnc3)CC2)n1. The molecule has 0 saturated carbocycles. The first-order valence-electron chi connectivity index (χ1n) is 9.06. The van der Waals surface area contributed by atoms with Gasteiger partial charge in [-0.1, -0.05) is 6.07 Å². The molecule has 0 bridgehead atoms. The maximum Gasteiger partial charge on any atom is 0.251 e. The van der Waals surface area contributed by atoms with E-state index in [1.807, 2.05) is 36.3 Å². The molecule has 27 heavy (non-hydrogen) atoms.